The van der Waals surface area contributed by atoms with Crippen molar-refractivity contribution >= 4 is 27.6 Å². The summed E-state index contributed by atoms with van der Waals surface area (Å²) in [5.41, 5.74) is 0.564. The van der Waals surface area contributed by atoms with E-state index in [-0.39, 0.29) is 18.5 Å². The van der Waals surface area contributed by atoms with Crippen molar-refractivity contribution < 1.29 is 23.1 Å². The summed E-state index contributed by atoms with van der Waals surface area (Å²) in [5.74, 6) is -2.46. The predicted octanol–water partition coefficient (Wildman–Crippen LogP) is 3.93. The van der Waals surface area contributed by atoms with Gasteiger partial charge in [-0.1, -0.05) is 15.9 Å². The van der Waals surface area contributed by atoms with E-state index in [0.717, 1.165) is 0 Å². The lowest BCUT2D eigenvalue weighted by atomic mass is 9.97. The number of aromatic carboxylic acids is 1. The highest BCUT2D eigenvalue weighted by atomic mass is 79.9. The molecule has 0 saturated carbocycles. The van der Waals surface area contributed by atoms with Gasteiger partial charge in [-0.05, 0) is 31.0 Å². The molecular weight excluding hydrogens is 339 g/mol. The third-order valence-corrected chi connectivity index (χ3v) is 3.84. The number of benzene rings is 1. The molecule has 1 aromatic rings. The number of carboxylic acids is 1. The first-order valence-electron chi connectivity index (χ1n) is 6.13. The van der Waals surface area contributed by atoms with Gasteiger partial charge in [-0.2, -0.15) is 13.2 Å². The van der Waals surface area contributed by atoms with E-state index in [9.17, 15) is 18.0 Å². The van der Waals surface area contributed by atoms with Crippen LogP contribution in [0.5, 0.6) is 0 Å². The Hall–Kier alpha value is -1.24. The van der Waals surface area contributed by atoms with E-state index in [4.69, 9.17) is 5.11 Å². The third-order valence-electron chi connectivity index (χ3n) is 3.38. The predicted molar refractivity (Wildman–Crippen MR) is 72.1 cm³/mol. The first-order chi connectivity index (χ1) is 9.27. The highest BCUT2D eigenvalue weighted by Gasteiger charge is 2.41. The molecule has 1 saturated heterocycles. The van der Waals surface area contributed by atoms with Crippen LogP contribution < -0.4 is 4.90 Å². The van der Waals surface area contributed by atoms with Crippen LogP contribution in [0.3, 0.4) is 0 Å². The molecule has 2 rings (SSSR count). The van der Waals surface area contributed by atoms with Crippen molar-refractivity contribution in [2.75, 3.05) is 18.0 Å². The summed E-state index contributed by atoms with van der Waals surface area (Å²) in [4.78, 5) is 12.6. The molecule has 1 unspecified atom stereocenters. The molecule has 0 aromatic heterocycles. The minimum absolute atomic E-state index is 0.0588. The van der Waals surface area contributed by atoms with Crippen molar-refractivity contribution in [3.63, 3.8) is 0 Å². The smallest absolute Gasteiger partial charge is 0.393 e. The first kappa shape index (κ1) is 15.2. The van der Waals surface area contributed by atoms with Gasteiger partial charge in [0, 0.05) is 23.2 Å². The molecule has 0 radical (unpaired) electrons. The van der Waals surface area contributed by atoms with E-state index in [1.54, 1.807) is 11.0 Å². The SMILES string of the molecule is O=C(O)c1cc(Br)cc(N2CCCC(C(F)(F)F)C2)c1. The molecule has 1 fully saturated rings. The monoisotopic (exact) mass is 351 g/mol. The molecular formula is C13H13BrF3NO2. The number of alkyl halides is 3. The van der Waals surface area contributed by atoms with Crippen LogP contribution in [0.15, 0.2) is 22.7 Å². The summed E-state index contributed by atoms with van der Waals surface area (Å²) in [5, 5.41) is 8.99. The van der Waals surface area contributed by atoms with Crippen LogP contribution in [0.4, 0.5) is 18.9 Å². The fraction of sp³-hybridized carbons (Fsp3) is 0.462. The lowest BCUT2D eigenvalue weighted by Crippen LogP contribution is -2.41. The second-order valence-electron chi connectivity index (χ2n) is 4.83. The number of rotatable bonds is 2. The van der Waals surface area contributed by atoms with Gasteiger partial charge in [-0.15, -0.1) is 0 Å². The Labute approximate surface area is 122 Å². The van der Waals surface area contributed by atoms with E-state index in [0.29, 0.717) is 23.1 Å². The maximum absolute atomic E-state index is 12.8. The van der Waals surface area contributed by atoms with Crippen molar-refractivity contribution in [1.82, 2.24) is 0 Å². The number of nitrogens with zero attached hydrogens (tertiary/aromatic N) is 1. The highest BCUT2D eigenvalue weighted by Crippen LogP contribution is 2.35. The van der Waals surface area contributed by atoms with Gasteiger partial charge in [-0.25, -0.2) is 4.79 Å². The molecule has 1 aliphatic rings. The minimum Gasteiger partial charge on any atom is -0.478 e. The summed E-state index contributed by atoms with van der Waals surface area (Å²) < 4.78 is 38.9. The van der Waals surface area contributed by atoms with E-state index in [1.165, 1.54) is 12.1 Å². The topological polar surface area (TPSA) is 40.5 Å². The molecule has 0 aliphatic carbocycles. The van der Waals surface area contributed by atoms with Gasteiger partial charge in [0.25, 0.3) is 0 Å². The molecule has 3 nitrogen and oxygen atoms in total. The molecule has 20 heavy (non-hydrogen) atoms. The lowest BCUT2D eigenvalue weighted by molar-refractivity contribution is -0.175. The van der Waals surface area contributed by atoms with Gasteiger partial charge in [0.2, 0.25) is 0 Å². The van der Waals surface area contributed by atoms with Gasteiger partial charge in [0.15, 0.2) is 0 Å². The Morgan fingerprint density at radius 3 is 2.65 bits per heavy atom. The van der Waals surface area contributed by atoms with Crippen molar-refractivity contribution in [1.29, 1.82) is 0 Å². The highest BCUT2D eigenvalue weighted by molar-refractivity contribution is 9.10. The standard InChI is InChI=1S/C13H13BrF3NO2/c14-10-4-8(12(19)20)5-11(6-10)18-3-1-2-9(7-18)13(15,16)17/h4-6,9H,1-3,7H2,(H,19,20). The second kappa shape index (κ2) is 5.63. The molecule has 7 heteroatoms. The van der Waals surface area contributed by atoms with Crippen LogP contribution >= 0.6 is 15.9 Å². The molecule has 1 aliphatic heterocycles. The molecule has 1 N–H and O–H groups in total. The summed E-state index contributed by atoms with van der Waals surface area (Å²) >= 11 is 3.19. The number of hydrogen-bond donors (Lipinski definition) is 1. The fourth-order valence-corrected chi connectivity index (χ4v) is 2.84. The molecule has 0 spiro atoms. The first-order valence-corrected chi connectivity index (χ1v) is 6.92. The zero-order chi connectivity index (χ0) is 14.9. The maximum Gasteiger partial charge on any atom is 0.393 e. The second-order valence-corrected chi connectivity index (χ2v) is 5.75. The zero-order valence-electron chi connectivity index (χ0n) is 10.5. The van der Waals surface area contributed by atoms with Crippen molar-refractivity contribution in [3.8, 4) is 0 Å². The van der Waals surface area contributed by atoms with Gasteiger partial charge in [0.05, 0.1) is 11.5 Å². The third kappa shape index (κ3) is 3.45. The van der Waals surface area contributed by atoms with Gasteiger partial charge in [-0.3, -0.25) is 0 Å². The summed E-state index contributed by atoms with van der Waals surface area (Å²) in [6.07, 6.45) is -3.64. The van der Waals surface area contributed by atoms with E-state index in [1.807, 2.05) is 0 Å². The van der Waals surface area contributed by atoms with Gasteiger partial charge >= 0.3 is 12.1 Å². The van der Waals surface area contributed by atoms with Crippen LogP contribution in [0.2, 0.25) is 0 Å². The maximum atomic E-state index is 12.8. The van der Waals surface area contributed by atoms with Crippen LogP contribution in [0, 0.1) is 5.92 Å². The fourth-order valence-electron chi connectivity index (χ4n) is 2.36. The minimum atomic E-state index is -4.21. The number of carboxylic acid groups (broad SMARTS) is 1. The molecule has 1 aromatic carbocycles. The normalized spacial score (nSPS) is 20.0. The quantitative estimate of drug-likeness (QED) is 0.877. The van der Waals surface area contributed by atoms with Crippen molar-refractivity contribution in [2.24, 2.45) is 5.92 Å². The molecule has 0 bridgehead atoms. The summed E-state index contributed by atoms with van der Waals surface area (Å²) in [6, 6.07) is 4.48. The Balaban J connectivity index is 2.25. The largest absolute Gasteiger partial charge is 0.478 e. The Morgan fingerprint density at radius 1 is 1.35 bits per heavy atom. The van der Waals surface area contributed by atoms with E-state index < -0.39 is 18.1 Å². The summed E-state index contributed by atoms with van der Waals surface area (Å²) in [6.45, 7) is 0.376. The zero-order valence-corrected chi connectivity index (χ0v) is 12.0. The van der Waals surface area contributed by atoms with Crippen molar-refractivity contribution in [3.05, 3.63) is 28.2 Å². The number of hydrogen-bond acceptors (Lipinski definition) is 2. The molecule has 0 amide bonds. The number of piperidine rings is 1. The Morgan fingerprint density at radius 2 is 2.05 bits per heavy atom. The number of carbonyl (C=O) groups is 1. The summed E-state index contributed by atoms with van der Waals surface area (Å²) in [7, 11) is 0. The van der Waals surface area contributed by atoms with Crippen molar-refractivity contribution in [2.45, 2.75) is 19.0 Å². The Bertz CT molecular complexity index is 519. The van der Waals surface area contributed by atoms with Crippen LogP contribution in [-0.4, -0.2) is 30.3 Å². The Kier molecular flexibility index (Phi) is 4.27. The van der Waals surface area contributed by atoms with Gasteiger partial charge < -0.3 is 10.0 Å². The molecule has 1 heterocycles. The van der Waals surface area contributed by atoms with E-state index >= 15 is 0 Å². The van der Waals surface area contributed by atoms with Crippen LogP contribution in [0.1, 0.15) is 23.2 Å². The van der Waals surface area contributed by atoms with Crippen LogP contribution in [-0.2, 0) is 0 Å². The average Bonchev–Trinajstić information content (AvgIpc) is 2.37. The molecule has 110 valence electrons. The number of anilines is 1. The average molecular weight is 352 g/mol. The van der Waals surface area contributed by atoms with Crippen LogP contribution in [0.25, 0.3) is 0 Å². The van der Waals surface area contributed by atoms with Gasteiger partial charge in [0.1, 0.15) is 0 Å². The van der Waals surface area contributed by atoms with E-state index in [2.05, 4.69) is 15.9 Å². The molecule has 1 atom stereocenters. The lowest BCUT2D eigenvalue weighted by Gasteiger charge is -2.35. The number of halogens is 4.